The Bertz CT molecular complexity index is 1170. The number of hydrogen-bond donors (Lipinski definition) is 0. The number of ether oxygens (including phenoxy) is 2. The van der Waals surface area contributed by atoms with Crippen molar-refractivity contribution in [2.45, 2.75) is 70.4 Å². The van der Waals surface area contributed by atoms with Gasteiger partial charge in [0.25, 0.3) is 0 Å². The lowest BCUT2D eigenvalue weighted by molar-refractivity contribution is 0.304. The van der Waals surface area contributed by atoms with Gasteiger partial charge in [-0.2, -0.15) is 0 Å². The standard InChI is InChI=1S/C34H44N2O2Si/c1-3-5-7-12-24-37-31-18-14-16-29(26-31)34(36-23-22-35-28-36,39-33-20-10-9-11-21-33)30-17-15-19-32(27-30)38-25-13-8-6-4-2/h9-11,14-23,26-28H,3-8,12-13,24-25,39H2,1-2H3. The molecule has 0 fully saturated rings. The largest absolute Gasteiger partial charge is 0.494 e. The predicted octanol–water partition coefficient (Wildman–Crippen LogP) is 7.05. The summed E-state index contributed by atoms with van der Waals surface area (Å²) in [7, 11) is -0.951. The average molecular weight is 541 g/mol. The van der Waals surface area contributed by atoms with Crippen LogP contribution in [0.3, 0.4) is 0 Å². The lowest BCUT2D eigenvalue weighted by Gasteiger charge is -2.37. The molecule has 0 radical (unpaired) electrons. The molecule has 1 heterocycles. The van der Waals surface area contributed by atoms with E-state index in [2.05, 4.69) is 108 Å². The molecular weight excluding hydrogens is 496 g/mol. The van der Waals surface area contributed by atoms with Gasteiger partial charge in [0.15, 0.2) is 0 Å². The molecule has 0 aliphatic rings. The summed E-state index contributed by atoms with van der Waals surface area (Å²) in [5.41, 5.74) is 2.45. The van der Waals surface area contributed by atoms with Crippen molar-refractivity contribution in [3.05, 3.63) is 109 Å². The van der Waals surface area contributed by atoms with Gasteiger partial charge in [0.2, 0.25) is 0 Å². The summed E-state index contributed by atoms with van der Waals surface area (Å²) < 4.78 is 14.8. The van der Waals surface area contributed by atoms with Gasteiger partial charge >= 0.3 is 0 Å². The van der Waals surface area contributed by atoms with Crippen LogP contribution in [-0.4, -0.2) is 32.3 Å². The van der Waals surface area contributed by atoms with E-state index >= 15 is 0 Å². The van der Waals surface area contributed by atoms with Crippen LogP contribution in [0, 0.1) is 0 Å². The molecule has 3 aromatic carbocycles. The van der Waals surface area contributed by atoms with E-state index in [4.69, 9.17) is 9.47 Å². The maximum atomic E-state index is 6.27. The minimum atomic E-state index is -0.951. The van der Waals surface area contributed by atoms with Gasteiger partial charge < -0.3 is 14.0 Å². The Morgan fingerprint density at radius 3 is 1.79 bits per heavy atom. The quantitative estimate of drug-likeness (QED) is 0.106. The van der Waals surface area contributed by atoms with Gasteiger partial charge in [-0.25, -0.2) is 4.98 Å². The molecule has 0 aliphatic heterocycles. The van der Waals surface area contributed by atoms with Gasteiger partial charge in [-0.1, -0.05) is 112 Å². The summed E-state index contributed by atoms with van der Waals surface area (Å²) in [6.45, 7) is 5.98. The zero-order valence-corrected chi connectivity index (χ0v) is 25.1. The Morgan fingerprint density at radius 1 is 0.692 bits per heavy atom. The van der Waals surface area contributed by atoms with Crippen LogP contribution >= 0.6 is 0 Å². The second-order valence-corrected chi connectivity index (χ2v) is 12.6. The Hall–Kier alpha value is -3.31. The van der Waals surface area contributed by atoms with E-state index in [-0.39, 0.29) is 5.16 Å². The summed E-state index contributed by atoms with van der Waals surface area (Å²) in [6, 6.07) is 28.3. The highest BCUT2D eigenvalue weighted by Gasteiger charge is 2.37. The van der Waals surface area contributed by atoms with Crippen molar-refractivity contribution in [2.24, 2.45) is 0 Å². The molecule has 0 N–H and O–H groups in total. The van der Waals surface area contributed by atoms with Gasteiger partial charge in [0, 0.05) is 12.4 Å². The Kier molecular flexibility index (Phi) is 11.3. The molecule has 39 heavy (non-hydrogen) atoms. The minimum absolute atomic E-state index is 0.388. The first kappa shape index (κ1) is 28.7. The molecule has 0 atom stereocenters. The Balaban J connectivity index is 1.73. The average Bonchev–Trinajstić information content (AvgIpc) is 3.52. The first-order valence-electron chi connectivity index (χ1n) is 14.8. The zero-order valence-electron chi connectivity index (χ0n) is 23.7. The Labute approximate surface area is 237 Å². The number of nitrogens with zero attached hydrogens (tertiary/aromatic N) is 2. The van der Waals surface area contributed by atoms with E-state index in [0.717, 1.165) is 37.6 Å². The van der Waals surface area contributed by atoms with Gasteiger partial charge in [0.05, 0.1) is 34.2 Å². The van der Waals surface area contributed by atoms with Gasteiger partial charge in [0.1, 0.15) is 11.5 Å². The van der Waals surface area contributed by atoms with E-state index in [0.29, 0.717) is 0 Å². The van der Waals surface area contributed by atoms with Gasteiger partial charge in [-0.05, 0) is 48.2 Å². The monoisotopic (exact) mass is 540 g/mol. The molecule has 0 unspecified atom stereocenters. The predicted molar refractivity (Wildman–Crippen MR) is 165 cm³/mol. The summed E-state index contributed by atoms with van der Waals surface area (Å²) in [5, 5.41) is 1.00. The molecule has 4 nitrogen and oxygen atoms in total. The van der Waals surface area contributed by atoms with Crippen molar-refractivity contribution in [3.63, 3.8) is 0 Å². The minimum Gasteiger partial charge on any atom is -0.494 e. The SMILES string of the molecule is CCCCCCOc1cccc(C([SiH2]c2ccccc2)(c2cccc(OCCCCCC)c2)n2ccnc2)c1. The van der Waals surface area contributed by atoms with E-state index < -0.39 is 9.52 Å². The molecule has 206 valence electrons. The summed E-state index contributed by atoms with van der Waals surface area (Å²) in [4.78, 5) is 4.50. The summed E-state index contributed by atoms with van der Waals surface area (Å²) in [6.07, 6.45) is 15.5. The second kappa shape index (κ2) is 15.3. The van der Waals surface area contributed by atoms with Crippen molar-refractivity contribution >= 4 is 14.7 Å². The third-order valence-corrected chi connectivity index (χ3v) is 9.98. The lowest BCUT2D eigenvalue weighted by atomic mass is 9.96. The van der Waals surface area contributed by atoms with Crippen molar-refractivity contribution in [1.29, 1.82) is 0 Å². The van der Waals surface area contributed by atoms with Gasteiger partial charge in [-0.3, -0.25) is 0 Å². The Morgan fingerprint density at radius 2 is 1.28 bits per heavy atom. The highest BCUT2D eigenvalue weighted by molar-refractivity contribution is 6.57. The molecule has 4 rings (SSSR count). The number of benzene rings is 3. The smallest absolute Gasteiger partial charge is 0.119 e. The number of unbranched alkanes of at least 4 members (excludes halogenated alkanes) is 6. The zero-order chi connectivity index (χ0) is 27.2. The normalized spacial score (nSPS) is 11.7. The summed E-state index contributed by atoms with van der Waals surface area (Å²) >= 11 is 0. The van der Waals surface area contributed by atoms with E-state index in [1.54, 1.807) is 0 Å². The van der Waals surface area contributed by atoms with Crippen LogP contribution in [0.4, 0.5) is 0 Å². The molecule has 0 bridgehead atoms. The first-order chi connectivity index (χ1) is 19.3. The second-order valence-electron chi connectivity index (χ2n) is 10.4. The van der Waals surface area contributed by atoms with Crippen molar-refractivity contribution < 1.29 is 9.47 Å². The molecule has 0 aliphatic carbocycles. The van der Waals surface area contributed by atoms with Crippen molar-refractivity contribution in [3.8, 4) is 11.5 Å². The van der Waals surface area contributed by atoms with Crippen LogP contribution < -0.4 is 14.7 Å². The van der Waals surface area contributed by atoms with Crippen molar-refractivity contribution in [2.75, 3.05) is 13.2 Å². The molecule has 0 spiro atoms. The van der Waals surface area contributed by atoms with Crippen LogP contribution in [0.15, 0.2) is 97.6 Å². The molecule has 4 aromatic rings. The number of rotatable bonds is 17. The molecule has 0 saturated heterocycles. The van der Waals surface area contributed by atoms with Crippen LogP contribution in [-0.2, 0) is 5.16 Å². The molecule has 0 saturated carbocycles. The summed E-state index contributed by atoms with van der Waals surface area (Å²) in [5.74, 6) is 1.86. The van der Waals surface area contributed by atoms with Crippen LogP contribution in [0.2, 0.25) is 0 Å². The van der Waals surface area contributed by atoms with E-state index in [1.165, 1.54) is 54.8 Å². The van der Waals surface area contributed by atoms with Crippen LogP contribution in [0.25, 0.3) is 0 Å². The highest BCUT2D eigenvalue weighted by atomic mass is 28.2. The maximum absolute atomic E-state index is 6.27. The van der Waals surface area contributed by atoms with Gasteiger partial charge in [-0.15, -0.1) is 0 Å². The lowest BCUT2D eigenvalue weighted by Crippen LogP contribution is -2.46. The van der Waals surface area contributed by atoms with Crippen molar-refractivity contribution in [1.82, 2.24) is 9.55 Å². The van der Waals surface area contributed by atoms with E-state index in [9.17, 15) is 0 Å². The number of hydrogen-bond acceptors (Lipinski definition) is 3. The number of aromatic nitrogens is 2. The number of imidazole rings is 1. The molecule has 1 aromatic heterocycles. The maximum Gasteiger partial charge on any atom is 0.119 e. The fourth-order valence-corrected chi connectivity index (χ4v) is 7.58. The van der Waals surface area contributed by atoms with Crippen LogP contribution in [0.5, 0.6) is 11.5 Å². The first-order valence-corrected chi connectivity index (χ1v) is 16.2. The third kappa shape index (κ3) is 7.86. The fourth-order valence-electron chi connectivity index (χ4n) is 5.26. The molecule has 0 amide bonds. The fraction of sp³-hybridized carbons (Fsp3) is 0.382. The van der Waals surface area contributed by atoms with Crippen LogP contribution in [0.1, 0.15) is 76.3 Å². The highest BCUT2D eigenvalue weighted by Crippen LogP contribution is 2.36. The topological polar surface area (TPSA) is 36.3 Å². The molecule has 5 heteroatoms. The van der Waals surface area contributed by atoms with E-state index in [1.807, 2.05) is 12.5 Å². The molecular formula is C34H44N2O2Si. The third-order valence-electron chi connectivity index (χ3n) is 7.40.